The van der Waals surface area contributed by atoms with Gasteiger partial charge in [-0.3, -0.25) is 4.90 Å². The molecular formula is C21H26N4. The second kappa shape index (κ2) is 7.38. The summed E-state index contributed by atoms with van der Waals surface area (Å²) in [5.74, 6) is 1.28. The fraction of sp³-hybridized carbons (Fsp3) is 0.381. The van der Waals surface area contributed by atoms with Crippen molar-refractivity contribution in [2.24, 2.45) is 5.73 Å². The van der Waals surface area contributed by atoms with Gasteiger partial charge >= 0.3 is 0 Å². The van der Waals surface area contributed by atoms with Crippen LogP contribution in [0.1, 0.15) is 36.6 Å². The van der Waals surface area contributed by atoms with Gasteiger partial charge < -0.3 is 10.7 Å². The molecule has 0 saturated carbocycles. The Bertz CT molecular complexity index is 778. The molecule has 25 heavy (non-hydrogen) atoms. The molecule has 2 atom stereocenters. The molecule has 2 aromatic carbocycles. The molecule has 0 spiro atoms. The van der Waals surface area contributed by atoms with E-state index in [4.69, 9.17) is 10.7 Å². The Hall–Kier alpha value is -2.17. The first-order chi connectivity index (χ1) is 12.3. The number of benzene rings is 2. The predicted octanol–water partition coefficient (Wildman–Crippen LogP) is 3.66. The van der Waals surface area contributed by atoms with Crippen molar-refractivity contribution in [3.63, 3.8) is 0 Å². The van der Waals surface area contributed by atoms with Gasteiger partial charge in [0.05, 0.1) is 11.0 Å². The van der Waals surface area contributed by atoms with Crippen molar-refractivity contribution in [2.75, 3.05) is 13.1 Å². The second-order valence-electron chi connectivity index (χ2n) is 7.00. The van der Waals surface area contributed by atoms with E-state index in [0.717, 1.165) is 29.9 Å². The minimum atomic E-state index is 0.247. The summed E-state index contributed by atoms with van der Waals surface area (Å²) in [5, 5.41) is 0. The van der Waals surface area contributed by atoms with Crippen molar-refractivity contribution in [2.45, 2.75) is 37.8 Å². The molecule has 0 amide bonds. The second-order valence-corrected chi connectivity index (χ2v) is 7.00. The number of nitrogens with zero attached hydrogens (tertiary/aromatic N) is 2. The fourth-order valence-corrected chi connectivity index (χ4v) is 4.09. The summed E-state index contributed by atoms with van der Waals surface area (Å²) in [5.41, 5.74) is 9.72. The Balaban J connectivity index is 1.60. The number of para-hydroxylation sites is 2. The lowest BCUT2D eigenvalue weighted by atomic mass is 9.89. The van der Waals surface area contributed by atoms with E-state index in [1.165, 1.54) is 24.8 Å². The highest BCUT2D eigenvalue weighted by molar-refractivity contribution is 5.74. The van der Waals surface area contributed by atoms with Crippen LogP contribution in [0.2, 0.25) is 0 Å². The van der Waals surface area contributed by atoms with E-state index in [2.05, 4.69) is 52.3 Å². The maximum absolute atomic E-state index is 6.23. The molecule has 4 heteroatoms. The number of hydrogen-bond acceptors (Lipinski definition) is 3. The van der Waals surface area contributed by atoms with Gasteiger partial charge in [0.1, 0.15) is 5.82 Å². The first kappa shape index (κ1) is 16.3. The highest BCUT2D eigenvalue weighted by Crippen LogP contribution is 2.30. The highest BCUT2D eigenvalue weighted by atomic mass is 15.2. The molecule has 1 aliphatic heterocycles. The minimum Gasteiger partial charge on any atom is -0.342 e. The fourth-order valence-electron chi connectivity index (χ4n) is 4.09. The Morgan fingerprint density at radius 3 is 2.68 bits per heavy atom. The van der Waals surface area contributed by atoms with Gasteiger partial charge in [0.2, 0.25) is 0 Å². The maximum atomic E-state index is 6.23. The Morgan fingerprint density at radius 1 is 1.08 bits per heavy atom. The van der Waals surface area contributed by atoms with Crippen molar-refractivity contribution in [1.82, 2.24) is 14.9 Å². The summed E-state index contributed by atoms with van der Waals surface area (Å²) in [6, 6.07) is 19.4. The van der Waals surface area contributed by atoms with Crippen LogP contribution in [0.3, 0.4) is 0 Å². The van der Waals surface area contributed by atoms with Gasteiger partial charge in [-0.05, 0) is 37.1 Å². The van der Waals surface area contributed by atoms with Crippen molar-refractivity contribution < 1.29 is 0 Å². The first-order valence-corrected chi connectivity index (χ1v) is 9.28. The number of nitrogens with two attached hydrogens (primary N) is 1. The van der Waals surface area contributed by atoms with Crippen LogP contribution in [0.4, 0.5) is 0 Å². The molecule has 4 rings (SSSR count). The molecule has 130 valence electrons. The Kier molecular flexibility index (Phi) is 4.81. The van der Waals surface area contributed by atoms with Gasteiger partial charge in [0.15, 0.2) is 0 Å². The summed E-state index contributed by atoms with van der Waals surface area (Å²) in [6.07, 6.45) is 3.72. The van der Waals surface area contributed by atoms with Crippen LogP contribution in [0.25, 0.3) is 11.0 Å². The molecule has 0 bridgehead atoms. The highest BCUT2D eigenvalue weighted by Gasteiger charge is 2.32. The van der Waals surface area contributed by atoms with E-state index in [1.54, 1.807) is 0 Å². The normalized spacial score (nSPS) is 20.0. The summed E-state index contributed by atoms with van der Waals surface area (Å²) < 4.78 is 0. The van der Waals surface area contributed by atoms with Gasteiger partial charge in [-0.25, -0.2) is 4.98 Å². The minimum absolute atomic E-state index is 0.247. The number of aromatic amines is 1. The number of rotatable bonds is 5. The quantitative estimate of drug-likeness (QED) is 0.748. The molecule has 3 N–H and O–H groups in total. The molecule has 3 aromatic rings. The van der Waals surface area contributed by atoms with Crippen LogP contribution in [0.15, 0.2) is 54.6 Å². The lowest BCUT2D eigenvalue weighted by Crippen LogP contribution is -2.45. The van der Waals surface area contributed by atoms with Gasteiger partial charge in [-0.2, -0.15) is 0 Å². The van der Waals surface area contributed by atoms with Gasteiger partial charge in [0.25, 0.3) is 0 Å². The summed E-state index contributed by atoms with van der Waals surface area (Å²) in [4.78, 5) is 10.9. The molecule has 4 nitrogen and oxygen atoms in total. The van der Waals surface area contributed by atoms with Crippen LogP contribution in [-0.4, -0.2) is 34.0 Å². The molecule has 1 saturated heterocycles. The third-order valence-corrected chi connectivity index (χ3v) is 5.37. The smallest absolute Gasteiger partial charge is 0.113 e. The SMILES string of the molecule is NCC(c1nc2ccccc2[nH]1)C1CCCCN1Cc1ccccc1. The summed E-state index contributed by atoms with van der Waals surface area (Å²) in [6.45, 7) is 2.74. The Morgan fingerprint density at radius 2 is 1.88 bits per heavy atom. The van der Waals surface area contributed by atoms with E-state index < -0.39 is 0 Å². The monoisotopic (exact) mass is 334 g/mol. The molecule has 1 aliphatic rings. The van der Waals surface area contributed by atoms with Crippen LogP contribution in [0.5, 0.6) is 0 Å². The lowest BCUT2D eigenvalue weighted by molar-refractivity contribution is 0.117. The molecule has 0 aliphatic carbocycles. The van der Waals surface area contributed by atoms with Crippen molar-refractivity contribution >= 4 is 11.0 Å². The molecule has 0 radical (unpaired) electrons. The third kappa shape index (κ3) is 3.46. The largest absolute Gasteiger partial charge is 0.342 e. The lowest BCUT2D eigenvalue weighted by Gasteiger charge is -2.39. The van der Waals surface area contributed by atoms with Gasteiger partial charge in [-0.15, -0.1) is 0 Å². The molecule has 2 unspecified atom stereocenters. The number of likely N-dealkylation sites (tertiary alicyclic amines) is 1. The number of piperidine rings is 1. The van der Waals surface area contributed by atoms with E-state index in [0.29, 0.717) is 12.6 Å². The van der Waals surface area contributed by atoms with Crippen LogP contribution in [0, 0.1) is 0 Å². The maximum Gasteiger partial charge on any atom is 0.113 e. The zero-order valence-corrected chi connectivity index (χ0v) is 14.6. The van der Waals surface area contributed by atoms with Gasteiger partial charge in [-0.1, -0.05) is 48.9 Å². The molecule has 2 heterocycles. The van der Waals surface area contributed by atoms with Crippen molar-refractivity contribution in [3.05, 3.63) is 66.0 Å². The molecule has 1 aromatic heterocycles. The van der Waals surface area contributed by atoms with E-state index in [1.807, 2.05) is 12.1 Å². The number of aromatic nitrogens is 2. The molecule has 1 fully saturated rings. The average Bonchev–Trinajstić information content (AvgIpc) is 3.08. The number of imidazole rings is 1. The Labute approximate surface area is 149 Å². The molecular weight excluding hydrogens is 308 g/mol. The van der Waals surface area contributed by atoms with Crippen LogP contribution in [-0.2, 0) is 6.54 Å². The van der Waals surface area contributed by atoms with Crippen molar-refractivity contribution in [1.29, 1.82) is 0 Å². The number of hydrogen-bond donors (Lipinski definition) is 2. The number of fused-ring (bicyclic) bond motifs is 1. The number of H-pyrrole nitrogens is 1. The van der Waals surface area contributed by atoms with Crippen molar-refractivity contribution in [3.8, 4) is 0 Å². The van der Waals surface area contributed by atoms with Crippen LogP contribution < -0.4 is 5.73 Å². The van der Waals surface area contributed by atoms with Crippen LogP contribution >= 0.6 is 0 Å². The van der Waals surface area contributed by atoms with E-state index in [-0.39, 0.29) is 5.92 Å². The third-order valence-electron chi connectivity index (χ3n) is 5.37. The topological polar surface area (TPSA) is 57.9 Å². The van der Waals surface area contributed by atoms with E-state index in [9.17, 15) is 0 Å². The zero-order chi connectivity index (χ0) is 17.1. The number of nitrogens with one attached hydrogen (secondary N) is 1. The standard InChI is InChI=1S/C21H26N4/c22-14-17(21-23-18-10-4-5-11-19(18)24-21)20-12-6-7-13-25(20)15-16-8-2-1-3-9-16/h1-5,8-11,17,20H,6-7,12-15,22H2,(H,23,24). The first-order valence-electron chi connectivity index (χ1n) is 9.28. The van der Waals surface area contributed by atoms with E-state index >= 15 is 0 Å². The summed E-state index contributed by atoms with van der Waals surface area (Å²) >= 11 is 0. The summed E-state index contributed by atoms with van der Waals surface area (Å²) in [7, 11) is 0. The predicted molar refractivity (Wildman–Crippen MR) is 102 cm³/mol. The zero-order valence-electron chi connectivity index (χ0n) is 14.6. The van der Waals surface area contributed by atoms with Gasteiger partial charge in [0, 0.05) is 25.0 Å². The average molecular weight is 334 g/mol.